The van der Waals surface area contributed by atoms with Crippen LogP contribution < -0.4 is 16.6 Å². The fourth-order valence-corrected chi connectivity index (χ4v) is 2.50. The number of carbonyl (C=O) groups excluding carboxylic acids is 1. The molecule has 2 rings (SSSR count). The number of hydrogen-bond donors (Lipinski definition) is 1. The normalized spacial score (nSPS) is 10.5. The Kier molecular flexibility index (Phi) is 4.19. The average molecular weight is 293 g/mol. The number of anilines is 1. The molecule has 0 atom stereocenters. The van der Waals surface area contributed by atoms with Gasteiger partial charge in [-0.1, -0.05) is 0 Å². The van der Waals surface area contributed by atoms with Crippen molar-refractivity contribution in [1.82, 2.24) is 9.13 Å². The molecule has 7 heteroatoms. The highest BCUT2D eigenvalue weighted by Gasteiger charge is 2.10. The molecule has 0 saturated heterocycles. The van der Waals surface area contributed by atoms with Gasteiger partial charge in [0, 0.05) is 26.7 Å². The van der Waals surface area contributed by atoms with E-state index in [9.17, 15) is 14.4 Å². The SMILES string of the molecule is Cn1cc(NC(=O)CCc2ccsc2)c(=O)n(C)c1=O. The maximum atomic E-state index is 11.8. The van der Waals surface area contributed by atoms with Crippen molar-refractivity contribution >= 4 is 22.9 Å². The van der Waals surface area contributed by atoms with Crippen LogP contribution in [0.25, 0.3) is 0 Å². The molecule has 0 radical (unpaired) electrons. The molecule has 0 bridgehead atoms. The molecule has 0 aliphatic heterocycles. The van der Waals surface area contributed by atoms with Crippen LogP contribution in [0.1, 0.15) is 12.0 Å². The summed E-state index contributed by atoms with van der Waals surface area (Å²) in [4.78, 5) is 35.2. The zero-order valence-electron chi connectivity index (χ0n) is 11.3. The second kappa shape index (κ2) is 5.87. The Hall–Kier alpha value is -2.15. The number of nitrogens with one attached hydrogen (secondary N) is 1. The van der Waals surface area contributed by atoms with Gasteiger partial charge in [0.15, 0.2) is 0 Å². The fraction of sp³-hybridized carbons (Fsp3) is 0.308. The summed E-state index contributed by atoms with van der Waals surface area (Å²) in [6.45, 7) is 0. The molecule has 0 aliphatic rings. The minimum Gasteiger partial charge on any atom is -0.320 e. The molecular formula is C13H15N3O3S. The average Bonchev–Trinajstić information content (AvgIpc) is 2.93. The standard InChI is InChI=1S/C13H15N3O3S/c1-15-7-10(12(18)16(2)13(15)19)14-11(17)4-3-9-5-6-20-8-9/h5-8H,3-4H2,1-2H3,(H,14,17). The number of aryl methyl sites for hydroxylation is 2. The molecule has 20 heavy (non-hydrogen) atoms. The molecule has 2 heterocycles. The Labute approximate surface area is 119 Å². The van der Waals surface area contributed by atoms with Crippen molar-refractivity contribution < 1.29 is 4.79 Å². The number of aromatic nitrogens is 2. The summed E-state index contributed by atoms with van der Waals surface area (Å²) in [5.41, 5.74) is 0.284. The van der Waals surface area contributed by atoms with Gasteiger partial charge >= 0.3 is 5.69 Å². The van der Waals surface area contributed by atoms with Gasteiger partial charge in [-0.05, 0) is 28.8 Å². The van der Waals surface area contributed by atoms with Crippen molar-refractivity contribution in [3.05, 3.63) is 49.4 Å². The first-order valence-corrected chi connectivity index (χ1v) is 7.01. The van der Waals surface area contributed by atoms with E-state index in [1.807, 2.05) is 16.8 Å². The zero-order valence-corrected chi connectivity index (χ0v) is 12.1. The predicted molar refractivity (Wildman–Crippen MR) is 78.2 cm³/mol. The molecule has 1 N–H and O–H groups in total. The largest absolute Gasteiger partial charge is 0.330 e. The van der Waals surface area contributed by atoms with Crippen molar-refractivity contribution in [2.45, 2.75) is 12.8 Å². The molecule has 0 aromatic carbocycles. The monoisotopic (exact) mass is 293 g/mol. The van der Waals surface area contributed by atoms with E-state index >= 15 is 0 Å². The summed E-state index contributed by atoms with van der Waals surface area (Å²) >= 11 is 1.58. The van der Waals surface area contributed by atoms with Crippen LogP contribution in [0.4, 0.5) is 5.69 Å². The van der Waals surface area contributed by atoms with Crippen LogP contribution in [-0.2, 0) is 25.3 Å². The third-order valence-electron chi connectivity index (χ3n) is 2.94. The van der Waals surface area contributed by atoms with Crippen LogP contribution in [0, 0.1) is 0 Å². The van der Waals surface area contributed by atoms with E-state index in [1.54, 1.807) is 11.3 Å². The number of rotatable bonds is 4. The molecular weight excluding hydrogens is 278 g/mol. The van der Waals surface area contributed by atoms with E-state index in [4.69, 9.17) is 0 Å². The Balaban J connectivity index is 2.08. The van der Waals surface area contributed by atoms with Gasteiger partial charge in [0.05, 0.1) is 0 Å². The van der Waals surface area contributed by atoms with E-state index in [0.717, 1.165) is 10.1 Å². The van der Waals surface area contributed by atoms with Crippen molar-refractivity contribution in [3.8, 4) is 0 Å². The van der Waals surface area contributed by atoms with Gasteiger partial charge in [-0.2, -0.15) is 11.3 Å². The second-order valence-electron chi connectivity index (χ2n) is 4.48. The maximum absolute atomic E-state index is 11.8. The lowest BCUT2D eigenvalue weighted by Gasteiger charge is -2.08. The number of carbonyl (C=O) groups is 1. The van der Waals surface area contributed by atoms with Crippen LogP contribution in [0.2, 0.25) is 0 Å². The van der Waals surface area contributed by atoms with Gasteiger partial charge in [-0.25, -0.2) is 4.79 Å². The zero-order chi connectivity index (χ0) is 14.7. The fourth-order valence-electron chi connectivity index (χ4n) is 1.80. The maximum Gasteiger partial charge on any atom is 0.330 e. The van der Waals surface area contributed by atoms with Gasteiger partial charge < -0.3 is 9.88 Å². The lowest BCUT2D eigenvalue weighted by atomic mass is 10.2. The lowest BCUT2D eigenvalue weighted by Crippen LogP contribution is -2.38. The smallest absolute Gasteiger partial charge is 0.320 e. The highest BCUT2D eigenvalue weighted by atomic mass is 32.1. The molecule has 2 aromatic rings. The minimum absolute atomic E-state index is 0.116. The lowest BCUT2D eigenvalue weighted by molar-refractivity contribution is -0.116. The molecule has 1 amide bonds. The van der Waals surface area contributed by atoms with Crippen LogP contribution in [0.15, 0.2) is 32.6 Å². The molecule has 106 valence electrons. The number of amides is 1. The summed E-state index contributed by atoms with van der Waals surface area (Å²) in [7, 11) is 2.91. The van der Waals surface area contributed by atoms with Crippen LogP contribution >= 0.6 is 11.3 Å². The summed E-state index contributed by atoms with van der Waals surface area (Å²) in [6.07, 6.45) is 2.26. The predicted octanol–water partition coefficient (Wildman–Crippen LogP) is 0.717. The van der Waals surface area contributed by atoms with E-state index in [-0.39, 0.29) is 11.6 Å². The summed E-state index contributed by atoms with van der Waals surface area (Å²) in [5, 5.41) is 6.49. The van der Waals surface area contributed by atoms with Gasteiger partial charge in [-0.15, -0.1) is 0 Å². The van der Waals surface area contributed by atoms with Gasteiger partial charge in [0.2, 0.25) is 5.91 Å². The number of hydrogen-bond acceptors (Lipinski definition) is 4. The summed E-state index contributed by atoms with van der Waals surface area (Å²) in [6, 6.07) is 1.96. The van der Waals surface area contributed by atoms with Crippen LogP contribution in [0.5, 0.6) is 0 Å². The van der Waals surface area contributed by atoms with Crippen LogP contribution in [-0.4, -0.2) is 15.0 Å². The first kappa shape index (κ1) is 14.3. The van der Waals surface area contributed by atoms with Crippen LogP contribution in [0.3, 0.4) is 0 Å². The molecule has 0 unspecified atom stereocenters. The van der Waals surface area contributed by atoms with E-state index in [2.05, 4.69) is 5.32 Å². The van der Waals surface area contributed by atoms with Crippen molar-refractivity contribution in [2.75, 3.05) is 5.32 Å². The topological polar surface area (TPSA) is 73.1 Å². The minimum atomic E-state index is -0.503. The highest BCUT2D eigenvalue weighted by molar-refractivity contribution is 7.07. The van der Waals surface area contributed by atoms with Gasteiger partial charge in [0.25, 0.3) is 5.56 Å². The Morgan fingerprint density at radius 1 is 1.35 bits per heavy atom. The quantitative estimate of drug-likeness (QED) is 0.902. The number of nitrogens with zero attached hydrogens (tertiary/aromatic N) is 2. The van der Waals surface area contributed by atoms with Crippen molar-refractivity contribution in [3.63, 3.8) is 0 Å². The summed E-state index contributed by atoms with van der Waals surface area (Å²) in [5.74, 6) is -0.244. The van der Waals surface area contributed by atoms with E-state index < -0.39 is 11.2 Å². The Bertz CT molecular complexity index is 728. The molecule has 0 spiro atoms. The van der Waals surface area contributed by atoms with Gasteiger partial charge in [0.1, 0.15) is 5.69 Å². The van der Waals surface area contributed by atoms with Gasteiger partial charge in [-0.3, -0.25) is 14.2 Å². The first-order valence-electron chi connectivity index (χ1n) is 6.06. The second-order valence-corrected chi connectivity index (χ2v) is 5.26. The molecule has 0 fully saturated rings. The Morgan fingerprint density at radius 2 is 2.10 bits per heavy atom. The van der Waals surface area contributed by atoms with E-state index in [1.165, 1.54) is 24.9 Å². The summed E-state index contributed by atoms with van der Waals surface area (Å²) < 4.78 is 2.23. The highest BCUT2D eigenvalue weighted by Crippen LogP contribution is 2.09. The Morgan fingerprint density at radius 3 is 2.75 bits per heavy atom. The third kappa shape index (κ3) is 3.05. The number of thiophene rings is 1. The van der Waals surface area contributed by atoms with Crippen molar-refractivity contribution in [2.24, 2.45) is 14.1 Å². The van der Waals surface area contributed by atoms with E-state index in [0.29, 0.717) is 12.8 Å². The molecule has 6 nitrogen and oxygen atoms in total. The first-order chi connectivity index (χ1) is 9.49. The molecule has 2 aromatic heterocycles. The molecule has 0 saturated carbocycles. The molecule has 0 aliphatic carbocycles. The van der Waals surface area contributed by atoms with Crippen molar-refractivity contribution in [1.29, 1.82) is 0 Å². The third-order valence-corrected chi connectivity index (χ3v) is 3.67.